The molecule has 0 saturated carbocycles. The maximum Gasteiger partial charge on any atom is 0.176 e. The summed E-state index contributed by atoms with van der Waals surface area (Å²) in [6.45, 7) is 4.02. The molecule has 106 valence electrons. The second kappa shape index (κ2) is 5.05. The zero-order chi connectivity index (χ0) is 15.0. The number of hydrogen-bond donors (Lipinski definition) is 1. The van der Waals surface area contributed by atoms with Gasteiger partial charge in [-0.2, -0.15) is 0 Å². The summed E-state index contributed by atoms with van der Waals surface area (Å²) in [5.74, 6) is 0.499. The van der Waals surface area contributed by atoms with E-state index in [0.717, 1.165) is 16.7 Å². The van der Waals surface area contributed by atoms with Crippen LogP contribution in [0, 0.1) is 19.7 Å². The van der Waals surface area contributed by atoms with Crippen LogP contribution in [0.25, 0.3) is 22.5 Å². The van der Waals surface area contributed by atoms with E-state index in [2.05, 4.69) is 11.2 Å². The minimum absolute atomic E-state index is 0.259. The van der Waals surface area contributed by atoms with E-state index >= 15 is 0 Å². The molecule has 0 radical (unpaired) electrons. The lowest BCUT2D eigenvalue weighted by Crippen LogP contribution is -1.90. The van der Waals surface area contributed by atoms with Crippen molar-refractivity contribution in [2.45, 2.75) is 13.8 Å². The van der Waals surface area contributed by atoms with Gasteiger partial charge in [0, 0.05) is 5.56 Å². The first-order valence-electron chi connectivity index (χ1n) is 6.64. The zero-order valence-electron chi connectivity index (χ0n) is 11.9. The van der Waals surface area contributed by atoms with Crippen molar-refractivity contribution in [2.75, 3.05) is 5.73 Å². The molecule has 3 aromatic rings. The van der Waals surface area contributed by atoms with Gasteiger partial charge in [0.25, 0.3) is 0 Å². The lowest BCUT2D eigenvalue weighted by atomic mass is 9.99. The van der Waals surface area contributed by atoms with Gasteiger partial charge in [0.05, 0.1) is 5.56 Å². The van der Waals surface area contributed by atoms with Crippen LogP contribution in [0.2, 0.25) is 0 Å². The monoisotopic (exact) mass is 282 g/mol. The molecule has 1 aromatic heterocycles. The predicted octanol–water partition coefficient (Wildman–Crippen LogP) is 4.35. The third kappa shape index (κ3) is 2.52. The van der Waals surface area contributed by atoms with E-state index in [1.807, 2.05) is 26.0 Å². The van der Waals surface area contributed by atoms with E-state index < -0.39 is 0 Å². The average Bonchev–Trinajstić information content (AvgIpc) is 2.79. The van der Waals surface area contributed by atoms with Gasteiger partial charge in [-0.25, -0.2) is 4.39 Å². The quantitative estimate of drug-likeness (QED) is 0.760. The number of aryl methyl sites for hydroxylation is 2. The largest absolute Gasteiger partial charge is 0.380 e. The van der Waals surface area contributed by atoms with Gasteiger partial charge in [0.2, 0.25) is 0 Å². The Bertz CT molecular complexity index is 788. The molecule has 0 amide bonds. The smallest absolute Gasteiger partial charge is 0.176 e. The number of rotatable bonds is 2. The van der Waals surface area contributed by atoms with Gasteiger partial charge < -0.3 is 10.3 Å². The maximum absolute atomic E-state index is 13.5. The summed E-state index contributed by atoms with van der Waals surface area (Å²) in [7, 11) is 0. The number of halogens is 1. The van der Waals surface area contributed by atoms with Gasteiger partial charge in [0.1, 0.15) is 5.82 Å². The number of nitrogens with two attached hydrogens (primary N) is 1. The lowest BCUT2D eigenvalue weighted by Gasteiger charge is -2.05. The first-order valence-corrected chi connectivity index (χ1v) is 6.64. The standard InChI is InChI=1S/C17H15FN2O/c1-10-6-11(2)8-13(7-10)16-15(17(19)20-21-16)12-4-3-5-14(18)9-12/h3-9H,1-2H3,(H2,19,20). The molecule has 0 fully saturated rings. The second-order valence-corrected chi connectivity index (χ2v) is 5.16. The number of nitrogen functional groups attached to an aromatic ring is 1. The molecule has 0 aliphatic rings. The molecule has 0 aliphatic carbocycles. The molecule has 0 bridgehead atoms. The van der Waals surface area contributed by atoms with Crippen LogP contribution in [0.4, 0.5) is 10.2 Å². The van der Waals surface area contributed by atoms with Crippen molar-refractivity contribution < 1.29 is 8.91 Å². The molecule has 3 rings (SSSR count). The van der Waals surface area contributed by atoms with E-state index in [9.17, 15) is 4.39 Å². The summed E-state index contributed by atoms with van der Waals surface area (Å²) in [4.78, 5) is 0. The SMILES string of the molecule is Cc1cc(C)cc(-c2onc(N)c2-c2cccc(F)c2)c1. The third-order valence-electron chi connectivity index (χ3n) is 3.32. The Morgan fingerprint density at radius 3 is 2.38 bits per heavy atom. The predicted molar refractivity (Wildman–Crippen MR) is 81.2 cm³/mol. The van der Waals surface area contributed by atoms with Crippen molar-refractivity contribution >= 4 is 5.82 Å². The third-order valence-corrected chi connectivity index (χ3v) is 3.32. The molecule has 4 heteroatoms. The van der Waals surface area contributed by atoms with Gasteiger partial charge >= 0.3 is 0 Å². The van der Waals surface area contributed by atoms with Crippen LogP contribution in [0.5, 0.6) is 0 Å². The summed E-state index contributed by atoms with van der Waals surface area (Å²) < 4.78 is 18.8. The van der Waals surface area contributed by atoms with Crippen molar-refractivity contribution in [2.24, 2.45) is 0 Å². The number of aromatic nitrogens is 1. The Balaban J connectivity index is 2.21. The molecule has 3 nitrogen and oxygen atoms in total. The highest BCUT2D eigenvalue weighted by atomic mass is 19.1. The fourth-order valence-corrected chi connectivity index (χ4v) is 2.53. The number of benzene rings is 2. The fourth-order valence-electron chi connectivity index (χ4n) is 2.53. The Kier molecular flexibility index (Phi) is 3.22. The van der Waals surface area contributed by atoms with Gasteiger partial charge in [-0.3, -0.25) is 0 Å². The fraction of sp³-hybridized carbons (Fsp3) is 0.118. The van der Waals surface area contributed by atoms with Gasteiger partial charge in [-0.1, -0.05) is 34.5 Å². The number of anilines is 1. The molecule has 0 aliphatic heterocycles. The van der Waals surface area contributed by atoms with Crippen LogP contribution in [-0.2, 0) is 0 Å². The van der Waals surface area contributed by atoms with Crippen LogP contribution in [-0.4, -0.2) is 5.16 Å². The highest BCUT2D eigenvalue weighted by Gasteiger charge is 2.18. The summed E-state index contributed by atoms with van der Waals surface area (Å²) in [6, 6.07) is 12.3. The van der Waals surface area contributed by atoms with E-state index in [1.165, 1.54) is 12.1 Å². The molecule has 0 atom stereocenters. The molecule has 2 N–H and O–H groups in total. The Morgan fingerprint density at radius 1 is 1.00 bits per heavy atom. The molecule has 0 unspecified atom stereocenters. The minimum Gasteiger partial charge on any atom is -0.380 e. The van der Waals surface area contributed by atoms with Crippen LogP contribution in [0.1, 0.15) is 11.1 Å². The topological polar surface area (TPSA) is 52.0 Å². The summed E-state index contributed by atoms with van der Waals surface area (Å²) in [6.07, 6.45) is 0. The Labute approximate surface area is 122 Å². The van der Waals surface area contributed by atoms with Crippen LogP contribution < -0.4 is 5.73 Å². The molecular formula is C17H15FN2O. The molecule has 2 aromatic carbocycles. The summed E-state index contributed by atoms with van der Waals surface area (Å²) in [5.41, 5.74) is 10.3. The highest BCUT2D eigenvalue weighted by Crippen LogP contribution is 2.37. The summed E-state index contributed by atoms with van der Waals surface area (Å²) in [5, 5.41) is 3.84. The van der Waals surface area contributed by atoms with Crippen LogP contribution in [0.3, 0.4) is 0 Å². The van der Waals surface area contributed by atoms with Crippen molar-refractivity contribution in [3.8, 4) is 22.5 Å². The van der Waals surface area contributed by atoms with E-state index in [-0.39, 0.29) is 11.6 Å². The Morgan fingerprint density at radius 2 is 1.71 bits per heavy atom. The van der Waals surface area contributed by atoms with E-state index in [4.69, 9.17) is 10.3 Å². The lowest BCUT2D eigenvalue weighted by molar-refractivity contribution is 0.436. The molecule has 0 saturated heterocycles. The van der Waals surface area contributed by atoms with Gasteiger partial charge in [0.15, 0.2) is 11.6 Å². The minimum atomic E-state index is -0.320. The highest BCUT2D eigenvalue weighted by molar-refractivity contribution is 5.86. The average molecular weight is 282 g/mol. The molecule has 0 spiro atoms. The summed E-state index contributed by atoms with van der Waals surface area (Å²) >= 11 is 0. The Hall–Kier alpha value is -2.62. The van der Waals surface area contributed by atoms with Crippen molar-refractivity contribution in [3.05, 3.63) is 59.4 Å². The van der Waals surface area contributed by atoms with Crippen LogP contribution >= 0.6 is 0 Å². The molecular weight excluding hydrogens is 267 g/mol. The first kappa shape index (κ1) is 13.4. The molecule has 1 heterocycles. The van der Waals surface area contributed by atoms with Crippen molar-refractivity contribution in [1.29, 1.82) is 0 Å². The van der Waals surface area contributed by atoms with Crippen molar-refractivity contribution in [1.82, 2.24) is 5.16 Å². The van der Waals surface area contributed by atoms with Crippen LogP contribution in [0.15, 0.2) is 47.0 Å². The normalized spacial score (nSPS) is 10.8. The van der Waals surface area contributed by atoms with E-state index in [1.54, 1.807) is 12.1 Å². The zero-order valence-corrected chi connectivity index (χ0v) is 11.9. The van der Waals surface area contributed by atoms with Gasteiger partial charge in [-0.15, -0.1) is 0 Å². The number of nitrogens with zero attached hydrogens (tertiary/aromatic N) is 1. The van der Waals surface area contributed by atoms with Gasteiger partial charge in [-0.05, 0) is 43.7 Å². The molecule has 21 heavy (non-hydrogen) atoms. The van der Waals surface area contributed by atoms with Crippen molar-refractivity contribution in [3.63, 3.8) is 0 Å². The van der Waals surface area contributed by atoms with E-state index in [0.29, 0.717) is 16.9 Å². The number of hydrogen-bond acceptors (Lipinski definition) is 3. The first-order chi connectivity index (χ1) is 10.0. The second-order valence-electron chi connectivity index (χ2n) is 5.16. The maximum atomic E-state index is 13.5.